The number of nitrogens with one attached hydrogen (secondary N) is 2. The minimum absolute atomic E-state index is 0.0265. The van der Waals surface area contributed by atoms with E-state index in [2.05, 4.69) is 20.6 Å². The number of hydrogen-bond acceptors (Lipinski definition) is 11. The fourth-order valence-corrected chi connectivity index (χ4v) is 6.35. The molecule has 1 aliphatic rings. The van der Waals surface area contributed by atoms with Crippen LogP contribution >= 0.6 is 22.7 Å². The van der Waals surface area contributed by atoms with Gasteiger partial charge in [-0.3, -0.25) is 14.5 Å². The van der Waals surface area contributed by atoms with Crippen molar-refractivity contribution in [2.75, 3.05) is 6.61 Å². The topological polar surface area (TPSA) is 149 Å². The molecule has 14 heteroatoms. The van der Waals surface area contributed by atoms with Gasteiger partial charge in [-0.2, -0.15) is 0 Å². The molecular weight excluding hydrogens is 594 g/mol. The summed E-state index contributed by atoms with van der Waals surface area (Å²) in [6.45, 7) is 18.0. The zero-order valence-corrected chi connectivity index (χ0v) is 27.9. The molecule has 1 saturated heterocycles. The quantitative estimate of drug-likeness (QED) is 0.357. The summed E-state index contributed by atoms with van der Waals surface area (Å²) in [5.74, 6) is -1.44. The van der Waals surface area contributed by atoms with Crippen molar-refractivity contribution in [3.8, 4) is 0 Å². The van der Waals surface area contributed by atoms with Crippen LogP contribution in [0.2, 0.25) is 0 Å². The van der Waals surface area contributed by atoms with Crippen LogP contribution in [0.3, 0.4) is 0 Å². The summed E-state index contributed by atoms with van der Waals surface area (Å²) >= 11 is 2.46. The molecule has 0 bridgehead atoms. The maximum Gasteiger partial charge on any atom is 0.413 e. The lowest BCUT2D eigenvalue weighted by molar-refractivity contribution is -0.125. The van der Waals surface area contributed by atoms with Gasteiger partial charge in [-0.1, -0.05) is 19.9 Å². The summed E-state index contributed by atoms with van der Waals surface area (Å²) < 4.78 is 16.5. The molecule has 1 fully saturated rings. The zero-order chi connectivity index (χ0) is 32.3. The van der Waals surface area contributed by atoms with Crippen LogP contribution in [-0.4, -0.2) is 68.8 Å². The Morgan fingerprint density at radius 3 is 2.37 bits per heavy atom. The number of allylic oxidation sites excluding steroid dienone is 1. The Labute approximate surface area is 260 Å². The van der Waals surface area contributed by atoms with Crippen LogP contribution in [0.4, 0.5) is 4.79 Å². The average Bonchev–Trinajstić information content (AvgIpc) is 3.62. The molecule has 0 radical (unpaired) electrons. The molecule has 0 saturated carbocycles. The maximum atomic E-state index is 13.6. The number of esters is 1. The molecule has 0 spiro atoms. The van der Waals surface area contributed by atoms with Crippen molar-refractivity contribution in [2.24, 2.45) is 5.92 Å². The van der Waals surface area contributed by atoms with Crippen LogP contribution < -0.4 is 10.6 Å². The number of carbonyl (C=O) groups is 4. The van der Waals surface area contributed by atoms with Crippen molar-refractivity contribution >= 4 is 52.2 Å². The lowest BCUT2D eigenvalue weighted by atomic mass is 10.1. The van der Waals surface area contributed by atoms with Gasteiger partial charge >= 0.3 is 12.1 Å². The van der Waals surface area contributed by atoms with Gasteiger partial charge < -0.3 is 24.8 Å². The smallest absolute Gasteiger partial charge is 0.413 e. The molecule has 3 rings (SSSR count). The standard InChI is InChI=1S/C29H41N5O7S2/c1-11-17(30-23(36)21-16(5)40-29(9,10)34(21)27(38)41-28(6,7)8)24-31-18(13-42-24)22(35)33-20(15(3)4)25-32-19(14-43-25)26(37)39-12-2/h11,13-16,20-21H,12H2,1-10H3,(H,30,36)(H,33,35)/b17-11-/t16-,20-,21+/m1/s1. The van der Waals surface area contributed by atoms with E-state index in [1.165, 1.54) is 27.6 Å². The van der Waals surface area contributed by atoms with Crippen LogP contribution in [0.25, 0.3) is 5.70 Å². The molecule has 3 amide bonds. The summed E-state index contributed by atoms with van der Waals surface area (Å²) in [6, 6.07) is -1.43. The molecule has 12 nitrogen and oxygen atoms in total. The molecule has 0 aromatic carbocycles. The predicted molar refractivity (Wildman–Crippen MR) is 164 cm³/mol. The first-order valence-corrected chi connectivity index (χ1v) is 15.8. The molecule has 0 aliphatic carbocycles. The highest BCUT2D eigenvalue weighted by Gasteiger charge is 2.53. The third kappa shape index (κ3) is 8.18. The Balaban J connectivity index is 1.76. The monoisotopic (exact) mass is 635 g/mol. The largest absolute Gasteiger partial charge is 0.461 e. The first kappa shape index (κ1) is 34.1. The first-order chi connectivity index (χ1) is 20.0. The Bertz CT molecular complexity index is 1380. The van der Waals surface area contributed by atoms with Crippen LogP contribution in [0.1, 0.15) is 106 Å². The number of amides is 3. The molecule has 2 aromatic heterocycles. The van der Waals surface area contributed by atoms with Crippen LogP contribution in [0.5, 0.6) is 0 Å². The van der Waals surface area contributed by atoms with E-state index in [0.29, 0.717) is 15.7 Å². The van der Waals surface area contributed by atoms with Crippen molar-refractivity contribution in [3.05, 3.63) is 38.2 Å². The van der Waals surface area contributed by atoms with Crippen molar-refractivity contribution in [3.63, 3.8) is 0 Å². The molecular formula is C29H41N5O7S2. The highest BCUT2D eigenvalue weighted by molar-refractivity contribution is 7.11. The number of thiazole rings is 2. The third-order valence-corrected chi connectivity index (χ3v) is 8.18. The van der Waals surface area contributed by atoms with Gasteiger partial charge in [0.1, 0.15) is 33.1 Å². The molecule has 43 heavy (non-hydrogen) atoms. The molecule has 1 aliphatic heterocycles. The highest BCUT2D eigenvalue weighted by atomic mass is 32.1. The minimum atomic E-state index is -1.08. The normalized spacial score (nSPS) is 19.2. The summed E-state index contributed by atoms with van der Waals surface area (Å²) in [6.07, 6.45) is 0.401. The van der Waals surface area contributed by atoms with E-state index in [0.717, 1.165) is 0 Å². The summed E-state index contributed by atoms with van der Waals surface area (Å²) in [7, 11) is 0. The fraction of sp³-hybridized carbons (Fsp3) is 0.586. The molecule has 3 atom stereocenters. The van der Waals surface area contributed by atoms with Gasteiger partial charge in [-0.25, -0.2) is 19.6 Å². The number of carbonyl (C=O) groups excluding carboxylic acids is 4. The minimum Gasteiger partial charge on any atom is -0.461 e. The number of rotatable bonds is 9. The van der Waals surface area contributed by atoms with Crippen LogP contribution in [0.15, 0.2) is 16.8 Å². The summed E-state index contributed by atoms with van der Waals surface area (Å²) in [5.41, 5.74) is -1.09. The van der Waals surface area contributed by atoms with Crippen molar-refractivity contribution < 1.29 is 33.4 Å². The van der Waals surface area contributed by atoms with Crippen molar-refractivity contribution in [2.45, 2.75) is 98.8 Å². The van der Waals surface area contributed by atoms with Gasteiger partial charge in [0.2, 0.25) is 5.91 Å². The van der Waals surface area contributed by atoms with E-state index < -0.39 is 53.4 Å². The number of aromatic nitrogens is 2. The van der Waals surface area contributed by atoms with E-state index >= 15 is 0 Å². The molecule has 2 aromatic rings. The summed E-state index contributed by atoms with van der Waals surface area (Å²) in [4.78, 5) is 62.1. The third-order valence-electron chi connectivity index (χ3n) is 6.38. The second-order valence-electron chi connectivity index (χ2n) is 11.8. The second-order valence-corrected chi connectivity index (χ2v) is 13.5. The molecule has 3 heterocycles. The summed E-state index contributed by atoms with van der Waals surface area (Å²) in [5, 5.41) is 10.0. The van der Waals surface area contributed by atoms with Gasteiger partial charge in [0.05, 0.1) is 24.4 Å². The highest BCUT2D eigenvalue weighted by Crippen LogP contribution is 2.34. The van der Waals surface area contributed by atoms with Crippen LogP contribution in [-0.2, 0) is 19.0 Å². The van der Waals surface area contributed by atoms with Gasteiger partial charge in [-0.15, -0.1) is 22.7 Å². The molecule has 0 unspecified atom stereocenters. The van der Waals surface area contributed by atoms with Crippen molar-refractivity contribution in [1.82, 2.24) is 25.5 Å². The average molecular weight is 636 g/mol. The molecule has 236 valence electrons. The fourth-order valence-electron chi connectivity index (χ4n) is 4.51. The SMILES string of the molecule is C/C=C(\NC(=O)[C@@H]1[C@@H](C)OC(C)(C)N1C(=O)OC(C)(C)C)c1nc(C(=O)N[C@@H](c2nc(C(=O)OCC)cs2)C(C)C)cs1. The van der Waals surface area contributed by atoms with Gasteiger partial charge in [0.15, 0.2) is 5.69 Å². The lowest BCUT2D eigenvalue weighted by Gasteiger charge is -2.34. The lowest BCUT2D eigenvalue weighted by Crippen LogP contribution is -2.55. The van der Waals surface area contributed by atoms with Gasteiger partial charge in [0, 0.05) is 10.8 Å². The van der Waals surface area contributed by atoms with E-state index in [4.69, 9.17) is 14.2 Å². The Morgan fingerprint density at radius 1 is 1.14 bits per heavy atom. The second kappa shape index (κ2) is 13.5. The van der Waals surface area contributed by atoms with E-state index in [1.807, 2.05) is 13.8 Å². The number of nitrogens with zero attached hydrogens (tertiary/aromatic N) is 3. The van der Waals surface area contributed by atoms with Gasteiger partial charge in [-0.05, 0) is 61.3 Å². The van der Waals surface area contributed by atoms with E-state index in [-0.39, 0.29) is 23.9 Å². The van der Waals surface area contributed by atoms with E-state index in [1.54, 1.807) is 72.2 Å². The number of ether oxygens (including phenoxy) is 3. The maximum absolute atomic E-state index is 13.6. The Kier molecular flexibility index (Phi) is 10.7. The predicted octanol–water partition coefficient (Wildman–Crippen LogP) is 5.14. The van der Waals surface area contributed by atoms with Gasteiger partial charge in [0.25, 0.3) is 5.91 Å². The van der Waals surface area contributed by atoms with Crippen molar-refractivity contribution in [1.29, 1.82) is 0 Å². The first-order valence-electron chi connectivity index (χ1n) is 14.1. The van der Waals surface area contributed by atoms with Crippen LogP contribution in [0, 0.1) is 5.92 Å². The Hall–Kier alpha value is -3.36. The molecule has 2 N–H and O–H groups in total. The number of hydrogen-bond donors (Lipinski definition) is 2. The van der Waals surface area contributed by atoms with E-state index in [9.17, 15) is 19.2 Å². The zero-order valence-electron chi connectivity index (χ0n) is 26.3. The Morgan fingerprint density at radius 2 is 1.79 bits per heavy atom.